The molecule has 0 atom stereocenters. The van der Waals surface area contributed by atoms with Crippen molar-refractivity contribution in [3.63, 3.8) is 0 Å². The quantitative estimate of drug-likeness (QED) is 0.864. The number of hydrogen-bond donors (Lipinski definition) is 1. The first kappa shape index (κ1) is 11.7. The Kier molecular flexibility index (Phi) is 3.68. The van der Waals surface area contributed by atoms with Crippen LogP contribution in [0.1, 0.15) is 0 Å². The van der Waals surface area contributed by atoms with Crippen LogP contribution < -0.4 is 5.56 Å². The lowest BCUT2D eigenvalue weighted by Gasteiger charge is -2.01. The molecule has 3 nitrogen and oxygen atoms in total. The second kappa shape index (κ2) is 5.03. The molecule has 1 aromatic heterocycles. The van der Waals surface area contributed by atoms with Gasteiger partial charge in [0.1, 0.15) is 9.50 Å². The maximum atomic E-state index is 11.3. The topological polar surface area (TPSA) is 45.8 Å². The van der Waals surface area contributed by atoms with Gasteiger partial charge in [0.2, 0.25) is 0 Å². The predicted molar refractivity (Wildman–Crippen MR) is 68.1 cm³/mol. The fourth-order valence-corrected chi connectivity index (χ4v) is 2.42. The van der Waals surface area contributed by atoms with Gasteiger partial charge in [0, 0.05) is 9.92 Å². The van der Waals surface area contributed by atoms with Crippen LogP contribution in [0.5, 0.6) is 0 Å². The number of halogens is 2. The SMILES string of the molecule is O=c1[nH]cnc(Sc2ccc(Cl)cc2)c1Br. The van der Waals surface area contributed by atoms with E-state index in [0.29, 0.717) is 14.5 Å². The lowest BCUT2D eigenvalue weighted by Crippen LogP contribution is -2.07. The summed E-state index contributed by atoms with van der Waals surface area (Å²) in [4.78, 5) is 18.9. The Bertz CT molecular complexity index is 555. The molecule has 0 fully saturated rings. The molecule has 16 heavy (non-hydrogen) atoms. The summed E-state index contributed by atoms with van der Waals surface area (Å²) in [5.41, 5.74) is -0.188. The first-order valence-electron chi connectivity index (χ1n) is 4.33. The molecule has 0 saturated carbocycles. The van der Waals surface area contributed by atoms with E-state index >= 15 is 0 Å². The summed E-state index contributed by atoms with van der Waals surface area (Å²) < 4.78 is 0.440. The highest BCUT2D eigenvalue weighted by molar-refractivity contribution is 9.10. The minimum absolute atomic E-state index is 0.188. The van der Waals surface area contributed by atoms with Gasteiger partial charge >= 0.3 is 0 Å². The number of nitrogens with one attached hydrogen (secondary N) is 1. The van der Waals surface area contributed by atoms with Gasteiger partial charge in [-0.25, -0.2) is 4.98 Å². The van der Waals surface area contributed by atoms with E-state index < -0.39 is 0 Å². The van der Waals surface area contributed by atoms with Crippen LogP contribution in [-0.4, -0.2) is 9.97 Å². The zero-order valence-corrected chi connectivity index (χ0v) is 11.1. The van der Waals surface area contributed by atoms with Crippen LogP contribution in [0.2, 0.25) is 5.02 Å². The first-order valence-corrected chi connectivity index (χ1v) is 6.32. The lowest BCUT2D eigenvalue weighted by molar-refractivity contribution is 0.990. The van der Waals surface area contributed by atoms with Crippen LogP contribution >= 0.6 is 39.3 Å². The second-order valence-electron chi connectivity index (χ2n) is 2.91. The molecule has 0 amide bonds. The summed E-state index contributed by atoms with van der Waals surface area (Å²) in [6.07, 6.45) is 1.38. The van der Waals surface area contributed by atoms with Gasteiger partial charge in [-0.2, -0.15) is 0 Å². The van der Waals surface area contributed by atoms with E-state index in [0.717, 1.165) is 4.90 Å². The van der Waals surface area contributed by atoms with Gasteiger partial charge in [-0.05, 0) is 40.2 Å². The summed E-state index contributed by atoms with van der Waals surface area (Å²) in [7, 11) is 0. The molecule has 2 rings (SSSR count). The summed E-state index contributed by atoms with van der Waals surface area (Å²) >= 11 is 10.4. The number of H-pyrrole nitrogens is 1. The van der Waals surface area contributed by atoms with Crippen LogP contribution in [-0.2, 0) is 0 Å². The molecule has 0 unspecified atom stereocenters. The molecule has 0 aliphatic carbocycles. The molecular weight excluding hydrogens is 312 g/mol. The number of rotatable bonds is 2. The molecule has 0 bridgehead atoms. The van der Waals surface area contributed by atoms with Crippen LogP contribution in [0, 0.1) is 0 Å². The second-order valence-corrected chi connectivity index (χ2v) is 5.20. The Labute approximate surface area is 109 Å². The van der Waals surface area contributed by atoms with Crippen molar-refractivity contribution in [2.45, 2.75) is 9.92 Å². The van der Waals surface area contributed by atoms with Crippen molar-refractivity contribution in [2.75, 3.05) is 0 Å². The van der Waals surface area contributed by atoms with Gasteiger partial charge < -0.3 is 4.98 Å². The van der Waals surface area contributed by atoms with Gasteiger partial charge in [-0.3, -0.25) is 4.79 Å². The van der Waals surface area contributed by atoms with Crippen molar-refractivity contribution in [2.24, 2.45) is 0 Å². The Hall–Kier alpha value is -0.780. The highest BCUT2D eigenvalue weighted by atomic mass is 79.9. The van der Waals surface area contributed by atoms with Crippen LogP contribution in [0.25, 0.3) is 0 Å². The molecule has 1 heterocycles. The maximum absolute atomic E-state index is 11.3. The van der Waals surface area contributed by atoms with E-state index in [1.807, 2.05) is 12.1 Å². The van der Waals surface area contributed by atoms with Crippen LogP contribution in [0.4, 0.5) is 0 Å². The fourth-order valence-electron chi connectivity index (χ4n) is 1.05. The van der Waals surface area contributed by atoms with E-state index in [9.17, 15) is 4.79 Å². The molecule has 0 radical (unpaired) electrons. The molecule has 6 heteroatoms. The van der Waals surface area contributed by atoms with E-state index in [4.69, 9.17) is 11.6 Å². The molecule has 82 valence electrons. The van der Waals surface area contributed by atoms with Gasteiger partial charge in [-0.15, -0.1) is 0 Å². The molecular formula is C10H6BrClN2OS. The Morgan fingerprint density at radius 3 is 2.69 bits per heavy atom. The number of hydrogen-bond acceptors (Lipinski definition) is 3. The van der Waals surface area contributed by atoms with Gasteiger partial charge in [0.05, 0.1) is 6.33 Å². The number of nitrogens with zero attached hydrogens (tertiary/aromatic N) is 1. The molecule has 0 saturated heterocycles. The maximum Gasteiger partial charge on any atom is 0.266 e. The monoisotopic (exact) mass is 316 g/mol. The van der Waals surface area contributed by atoms with Gasteiger partial charge in [0.15, 0.2) is 0 Å². The van der Waals surface area contributed by atoms with E-state index in [2.05, 4.69) is 25.9 Å². The predicted octanol–water partition coefficient (Wildman–Crippen LogP) is 3.34. The standard InChI is InChI=1S/C10H6BrClN2OS/c11-8-9(15)13-5-14-10(8)16-7-3-1-6(12)2-4-7/h1-5H,(H,13,14,15). The highest BCUT2D eigenvalue weighted by Crippen LogP contribution is 2.29. The zero-order valence-electron chi connectivity index (χ0n) is 7.91. The fraction of sp³-hybridized carbons (Fsp3) is 0. The summed E-state index contributed by atoms with van der Waals surface area (Å²) in [5, 5.41) is 1.31. The zero-order chi connectivity index (χ0) is 11.5. The van der Waals surface area contributed by atoms with Crippen molar-refractivity contribution < 1.29 is 0 Å². The van der Waals surface area contributed by atoms with Crippen molar-refractivity contribution in [1.29, 1.82) is 0 Å². The molecule has 0 aliphatic heterocycles. The van der Waals surface area contributed by atoms with Crippen molar-refractivity contribution in [3.05, 3.63) is 50.4 Å². The normalized spacial score (nSPS) is 10.4. The Morgan fingerprint density at radius 2 is 2.00 bits per heavy atom. The largest absolute Gasteiger partial charge is 0.312 e. The van der Waals surface area contributed by atoms with Gasteiger partial charge in [-0.1, -0.05) is 23.4 Å². The third kappa shape index (κ3) is 2.66. The average molecular weight is 318 g/mol. The molecule has 2 aromatic rings. The van der Waals surface area contributed by atoms with E-state index in [1.54, 1.807) is 12.1 Å². The Morgan fingerprint density at radius 1 is 1.31 bits per heavy atom. The third-order valence-corrected chi connectivity index (χ3v) is 4.05. The van der Waals surface area contributed by atoms with Crippen molar-refractivity contribution in [3.8, 4) is 0 Å². The molecule has 1 aromatic carbocycles. The summed E-state index contributed by atoms with van der Waals surface area (Å²) in [6, 6.07) is 7.35. The van der Waals surface area contributed by atoms with Crippen LogP contribution in [0.15, 0.2) is 49.8 Å². The van der Waals surface area contributed by atoms with Gasteiger partial charge in [0.25, 0.3) is 5.56 Å². The average Bonchev–Trinajstić information content (AvgIpc) is 2.28. The molecule has 0 aliphatic rings. The van der Waals surface area contributed by atoms with Crippen LogP contribution in [0.3, 0.4) is 0 Å². The molecule has 0 spiro atoms. The minimum atomic E-state index is -0.188. The number of benzene rings is 1. The third-order valence-electron chi connectivity index (χ3n) is 1.79. The highest BCUT2D eigenvalue weighted by Gasteiger charge is 2.06. The van der Waals surface area contributed by atoms with Crippen molar-refractivity contribution in [1.82, 2.24) is 9.97 Å². The Balaban J connectivity index is 2.30. The summed E-state index contributed by atoms with van der Waals surface area (Å²) in [6.45, 7) is 0. The smallest absolute Gasteiger partial charge is 0.266 e. The van der Waals surface area contributed by atoms with E-state index in [-0.39, 0.29) is 5.56 Å². The number of aromatic nitrogens is 2. The lowest BCUT2D eigenvalue weighted by atomic mass is 10.4. The van der Waals surface area contributed by atoms with Crippen molar-refractivity contribution >= 4 is 39.3 Å². The van der Waals surface area contributed by atoms with E-state index in [1.165, 1.54) is 18.1 Å². The number of aromatic amines is 1. The summed E-state index contributed by atoms with van der Waals surface area (Å²) in [5.74, 6) is 0. The minimum Gasteiger partial charge on any atom is -0.312 e. The molecule has 1 N–H and O–H groups in total. The first-order chi connectivity index (χ1) is 7.66.